The van der Waals surface area contributed by atoms with E-state index in [2.05, 4.69) is 0 Å². The van der Waals surface area contributed by atoms with Crippen LogP contribution in [0, 0.1) is 17.8 Å². The van der Waals surface area contributed by atoms with Gasteiger partial charge in [-0.15, -0.1) is 0 Å². The Bertz CT molecular complexity index is 574. The van der Waals surface area contributed by atoms with Crippen molar-refractivity contribution in [1.29, 1.82) is 0 Å². The van der Waals surface area contributed by atoms with Crippen LogP contribution < -0.4 is 5.73 Å². The molecule has 3 amide bonds. The zero-order valence-electron chi connectivity index (χ0n) is 19.4. The minimum absolute atomic E-state index is 0.114. The highest BCUT2D eigenvalue weighted by Crippen LogP contribution is 2.20. The van der Waals surface area contributed by atoms with Crippen LogP contribution in [0.25, 0.3) is 0 Å². The van der Waals surface area contributed by atoms with E-state index in [0.717, 1.165) is 6.42 Å². The van der Waals surface area contributed by atoms with Gasteiger partial charge < -0.3 is 20.6 Å². The molecule has 7 heteroatoms. The van der Waals surface area contributed by atoms with Crippen LogP contribution in [0.5, 0.6) is 0 Å². The van der Waals surface area contributed by atoms with Crippen LogP contribution in [0.1, 0.15) is 60.8 Å². The summed E-state index contributed by atoms with van der Waals surface area (Å²) in [6.45, 7) is 11.5. The highest BCUT2D eigenvalue weighted by molar-refractivity contribution is 5.92. The summed E-state index contributed by atoms with van der Waals surface area (Å²) >= 11 is 0. The third kappa shape index (κ3) is 8.17. The number of aliphatic hydroxyl groups excluding tert-OH is 1. The molecule has 0 aromatic rings. The maximum absolute atomic E-state index is 13.3. The lowest BCUT2D eigenvalue weighted by Crippen LogP contribution is -2.59. The number of carbonyl (C=O) groups excluding carboxylic acids is 3. The molecule has 0 aliphatic carbocycles. The molecule has 7 nitrogen and oxygen atoms in total. The quantitative estimate of drug-likeness (QED) is 0.480. The Morgan fingerprint density at radius 3 is 1.97 bits per heavy atom. The van der Waals surface area contributed by atoms with Crippen LogP contribution in [0.4, 0.5) is 0 Å². The molecule has 0 rings (SSSR count). The van der Waals surface area contributed by atoms with Crippen molar-refractivity contribution in [3.63, 3.8) is 0 Å². The molecule has 4 atom stereocenters. The second-order valence-corrected chi connectivity index (χ2v) is 8.69. The van der Waals surface area contributed by atoms with Gasteiger partial charge in [0.05, 0.1) is 6.10 Å². The Kier molecular flexibility index (Phi) is 11.8. The predicted octanol–water partition coefficient (Wildman–Crippen LogP) is 2.18. The molecular weight excluding hydrogens is 370 g/mol. The zero-order chi connectivity index (χ0) is 22.9. The highest BCUT2D eigenvalue weighted by Gasteiger charge is 2.39. The number of rotatable bonds is 12. The van der Waals surface area contributed by atoms with Gasteiger partial charge in [0.25, 0.3) is 0 Å². The fourth-order valence-electron chi connectivity index (χ4n) is 3.38. The first-order chi connectivity index (χ1) is 13.4. The average molecular weight is 412 g/mol. The number of carbonyl (C=O) groups is 3. The number of primary amides is 1. The number of amides is 3. The first-order valence-electron chi connectivity index (χ1n) is 10.5. The van der Waals surface area contributed by atoms with Gasteiger partial charge in [0.2, 0.25) is 17.7 Å². The molecule has 168 valence electrons. The minimum Gasteiger partial charge on any atom is -0.390 e. The molecule has 0 saturated carbocycles. The normalized spacial score (nSPS) is 16.0. The van der Waals surface area contributed by atoms with Crippen molar-refractivity contribution >= 4 is 17.7 Å². The molecular formula is C22H41N3O4. The van der Waals surface area contributed by atoms with Crippen LogP contribution in [0.3, 0.4) is 0 Å². The van der Waals surface area contributed by atoms with Crippen molar-refractivity contribution in [2.75, 3.05) is 14.1 Å². The summed E-state index contributed by atoms with van der Waals surface area (Å²) in [5.41, 5.74) is 5.54. The first-order valence-corrected chi connectivity index (χ1v) is 10.5. The minimum atomic E-state index is -1.16. The standard InChI is InChI=1S/C22H41N3O4/c1-9-10-11-16(6)20(27)19(21(23)28)25(8)22(29)18(15(4)5)24(7)17(26)13-12-14(2)3/h9-10,14-16,18-20,27H,11-13H2,1-8H3,(H2,23,28)/b10-9+/t16-,18+,19?,20-/m1/s1. The van der Waals surface area contributed by atoms with Gasteiger partial charge in [-0.05, 0) is 37.5 Å². The molecule has 0 fully saturated rings. The van der Waals surface area contributed by atoms with Crippen molar-refractivity contribution in [2.24, 2.45) is 23.5 Å². The molecule has 29 heavy (non-hydrogen) atoms. The summed E-state index contributed by atoms with van der Waals surface area (Å²) < 4.78 is 0. The molecule has 0 aliphatic heterocycles. The SMILES string of the molecule is C/C=C/C[C@@H](C)[C@@H](O)C(C(N)=O)N(C)C(=O)[C@H](C(C)C)N(C)C(=O)CCC(C)C. The summed E-state index contributed by atoms with van der Waals surface area (Å²) in [5, 5.41) is 10.7. The van der Waals surface area contributed by atoms with Crippen LogP contribution in [0.15, 0.2) is 12.2 Å². The van der Waals surface area contributed by atoms with Gasteiger partial charge in [0.1, 0.15) is 12.1 Å². The van der Waals surface area contributed by atoms with E-state index in [9.17, 15) is 19.5 Å². The molecule has 0 bridgehead atoms. The van der Waals surface area contributed by atoms with E-state index >= 15 is 0 Å². The molecule has 0 saturated heterocycles. The number of hydrogen-bond donors (Lipinski definition) is 2. The number of hydrogen-bond acceptors (Lipinski definition) is 4. The van der Waals surface area contributed by atoms with Crippen LogP contribution in [0.2, 0.25) is 0 Å². The van der Waals surface area contributed by atoms with Gasteiger partial charge in [0.15, 0.2) is 0 Å². The molecule has 0 heterocycles. The summed E-state index contributed by atoms with van der Waals surface area (Å²) in [6, 6.07) is -1.90. The number of nitrogens with two attached hydrogens (primary N) is 1. The molecule has 0 aromatic heterocycles. The number of aliphatic hydroxyl groups is 1. The smallest absolute Gasteiger partial charge is 0.246 e. The average Bonchev–Trinajstić information content (AvgIpc) is 2.63. The summed E-state index contributed by atoms with van der Waals surface area (Å²) in [6.07, 6.45) is 4.31. The zero-order valence-corrected chi connectivity index (χ0v) is 19.4. The van der Waals surface area contributed by atoms with E-state index in [1.165, 1.54) is 16.8 Å². The monoisotopic (exact) mass is 411 g/mol. The van der Waals surface area contributed by atoms with Crippen molar-refractivity contribution in [3.8, 4) is 0 Å². The van der Waals surface area contributed by atoms with E-state index in [1.807, 2.05) is 46.8 Å². The fourth-order valence-corrected chi connectivity index (χ4v) is 3.38. The Labute approximate surface area is 176 Å². The first kappa shape index (κ1) is 27.1. The lowest BCUT2D eigenvalue weighted by Gasteiger charge is -2.38. The second-order valence-electron chi connectivity index (χ2n) is 8.69. The third-order valence-corrected chi connectivity index (χ3v) is 5.34. The molecule has 3 N–H and O–H groups in total. The van der Waals surface area contributed by atoms with Gasteiger partial charge >= 0.3 is 0 Å². The maximum atomic E-state index is 13.3. The van der Waals surface area contributed by atoms with Crippen molar-refractivity contribution < 1.29 is 19.5 Å². The van der Waals surface area contributed by atoms with E-state index in [0.29, 0.717) is 18.8 Å². The summed E-state index contributed by atoms with van der Waals surface area (Å²) in [7, 11) is 3.08. The molecule has 0 radical (unpaired) electrons. The van der Waals surface area contributed by atoms with Gasteiger partial charge in [-0.2, -0.15) is 0 Å². The van der Waals surface area contributed by atoms with Gasteiger partial charge in [0, 0.05) is 20.5 Å². The van der Waals surface area contributed by atoms with E-state index in [1.54, 1.807) is 14.0 Å². The molecule has 0 aliphatic rings. The van der Waals surface area contributed by atoms with Crippen molar-refractivity contribution in [3.05, 3.63) is 12.2 Å². The predicted molar refractivity (Wildman–Crippen MR) is 116 cm³/mol. The van der Waals surface area contributed by atoms with E-state index in [4.69, 9.17) is 5.73 Å². The van der Waals surface area contributed by atoms with Crippen LogP contribution in [-0.2, 0) is 14.4 Å². The van der Waals surface area contributed by atoms with Crippen LogP contribution in [-0.4, -0.2) is 64.9 Å². The van der Waals surface area contributed by atoms with E-state index in [-0.39, 0.29) is 17.7 Å². The van der Waals surface area contributed by atoms with Gasteiger partial charge in [-0.1, -0.05) is 46.8 Å². The summed E-state index contributed by atoms with van der Waals surface area (Å²) in [5.74, 6) is -1.32. The molecule has 0 spiro atoms. The largest absolute Gasteiger partial charge is 0.390 e. The van der Waals surface area contributed by atoms with Gasteiger partial charge in [-0.3, -0.25) is 14.4 Å². The number of nitrogens with zero attached hydrogens (tertiary/aromatic N) is 2. The Morgan fingerprint density at radius 1 is 1.00 bits per heavy atom. The van der Waals surface area contributed by atoms with Gasteiger partial charge in [-0.25, -0.2) is 0 Å². The summed E-state index contributed by atoms with van der Waals surface area (Å²) in [4.78, 5) is 40.6. The number of likely N-dealkylation sites (N-methyl/N-ethyl adjacent to an activating group) is 2. The molecule has 0 aromatic carbocycles. The lowest BCUT2D eigenvalue weighted by atomic mass is 9.92. The Morgan fingerprint density at radius 2 is 1.55 bits per heavy atom. The topological polar surface area (TPSA) is 104 Å². The highest BCUT2D eigenvalue weighted by atomic mass is 16.3. The Balaban J connectivity index is 5.58. The van der Waals surface area contributed by atoms with E-state index < -0.39 is 30.0 Å². The lowest BCUT2D eigenvalue weighted by molar-refractivity contribution is -0.152. The second kappa shape index (κ2) is 12.6. The Hall–Kier alpha value is -1.89. The molecule has 1 unspecified atom stereocenters. The number of allylic oxidation sites excluding steroid dienone is 2. The maximum Gasteiger partial charge on any atom is 0.246 e. The van der Waals surface area contributed by atoms with Crippen molar-refractivity contribution in [2.45, 2.75) is 79.0 Å². The fraction of sp³-hybridized carbons (Fsp3) is 0.773. The van der Waals surface area contributed by atoms with Crippen molar-refractivity contribution in [1.82, 2.24) is 9.80 Å². The third-order valence-electron chi connectivity index (χ3n) is 5.34. The van der Waals surface area contributed by atoms with Crippen LogP contribution >= 0.6 is 0 Å².